The Morgan fingerprint density at radius 1 is 1.25 bits per heavy atom. The average molecular weight is 271 g/mol. The van der Waals surface area contributed by atoms with E-state index in [9.17, 15) is 0 Å². The summed E-state index contributed by atoms with van der Waals surface area (Å²) < 4.78 is 2.42. The molecule has 0 unspecified atom stereocenters. The number of rotatable bonds is 4. The quantitative estimate of drug-likeness (QED) is 0.920. The second-order valence-corrected chi connectivity index (χ2v) is 6.05. The third-order valence-electron chi connectivity index (χ3n) is 5.08. The topological polar surface area (TPSA) is 43.8 Å². The van der Waals surface area contributed by atoms with Gasteiger partial charge in [0, 0.05) is 18.5 Å². The zero-order valence-corrected chi connectivity index (χ0v) is 12.7. The highest BCUT2D eigenvalue weighted by atomic mass is 15.1. The molecule has 1 aromatic carbocycles. The van der Waals surface area contributed by atoms with Crippen LogP contribution >= 0.6 is 0 Å². The van der Waals surface area contributed by atoms with Gasteiger partial charge in [0.25, 0.3) is 0 Å². The van der Waals surface area contributed by atoms with Crippen molar-refractivity contribution in [1.82, 2.24) is 9.55 Å². The van der Waals surface area contributed by atoms with Crippen molar-refractivity contribution in [2.75, 3.05) is 0 Å². The largest absolute Gasteiger partial charge is 0.328 e. The Bertz CT molecular complexity index is 606. The van der Waals surface area contributed by atoms with E-state index in [1.54, 1.807) is 0 Å². The molecule has 1 aliphatic rings. The number of hydrogen-bond acceptors (Lipinski definition) is 2. The Morgan fingerprint density at radius 3 is 2.60 bits per heavy atom. The number of fused-ring (bicyclic) bond motifs is 1. The van der Waals surface area contributed by atoms with Gasteiger partial charge in [-0.05, 0) is 43.9 Å². The van der Waals surface area contributed by atoms with E-state index < -0.39 is 0 Å². The molecule has 1 aromatic heterocycles. The number of benzene rings is 1. The molecule has 2 aromatic rings. The van der Waals surface area contributed by atoms with Crippen LogP contribution in [-0.2, 0) is 18.5 Å². The summed E-state index contributed by atoms with van der Waals surface area (Å²) >= 11 is 0. The highest BCUT2D eigenvalue weighted by molar-refractivity contribution is 5.77. The van der Waals surface area contributed by atoms with Crippen molar-refractivity contribution in [1.29, 1.82) is 0 Å². The summed E-state index contributed by atoms with van der Waals surface area (Å²) in [5.74, 6) is 1.31. The van der Waals surface area contributed by atoms with Crippen molar-refractivity contribution < 1.29 is 0 Å². The number of hydrogen-bond donors (Lipinski definition) is 1. The molecule has 1 saturated carbocycles. The molecule has 3 heteroatoms. The Hall–Kier alpha value is -1.35. The Balaban J connectivity index is 2.19. The van der Waals surface area contributed by atoms with Crippen molar-refractivity contribution in [3.8, 4) is 0 Å². The Kier molecular flexibility index (Phi) is 3.55. The zero-order valence-electron chi connectivity index (χ0n) is 12.7. The molecule has 2 N–H and O–H groups in total. The maximum absolute atomic E-state index is 5.76. The molecule has 0 amide bonds. The predicted octanol–water partition coefficient (Wildman–Crippen LogP) is 3.74. The summed E-state index contributed by atoms with van der Waals surface area (Å²) in [7, 11) is 0. The molecular formula is C17H25N3. The highest BCUT2D eigenvalue weighted by Crippen LogP contribution is 2.44. The van der Waals surface area contributed by atoms with Crippen molar-refractivity contribution >= 4 is 11.0 Å². The van der Waals surface area contributed by atoms with Crippen LogP contribution in [0.15, 0.2) is 18.2 Å². The first-order valence-corrected chi connectivity index (χ1v) is 7.94. The van der Waals surface area contributed by atoms with E-state index in [-0.39, 0.29) is 0 Å². The summed E-state index contributed by atoms with van der Waals surface area (Å²) in [5, 5.41) is 0. The second-order valence-electron chi connectivity index (χ2n) is 6.05. The Labute approximate surface area is 121 Å². The number of aromatic nitrogens is 2. The van der Waals surface area contributed by atoms with Crippen LogP contribution in [0.2, 0.25) is 0 Å². The van der Waals surface area contributed by atoms with Crippen LogP contribution in [0.25, 0.3) is 11.0 Å². The van der Waals surface area contributed by atoms with Gasteiger partial charge < -0.3 is 10.3 Å². The fourth-order valence-corrected chi connectivity index (χ4v) is 3.81. The second kappa shape index (κ2) is 5.21. The first kappa shape index (κ1) is 13.6. The predicted molar refractivity (Wildman–Crippen MR) is 83.7 cm³/mol. The van der Waals surface area contributed by atoms with Gasteiger partial charge in [-0.3, -0.25) is 0 Å². The lowest BCUT2D eigenvalue weighted by Crippen LogP contribution is -2.25. The lowest BCUT2D eigenvalue weighted by molar-refractivity contribution is 0.383. The smallest absolute Gasteiger partial charge is 0.116 e. The van der Waals surface area contributed by atoms with Gasteiger partial charge in [0.15, 0.2) is 0 Å². The molecule has 0 saturated heterocycles. The molecule has 1 fully saturated rings. The molecule has 0 bridgehead atoms. The number of nitrogens with zero attached hydrogens (tertiary/aromatic N) is 2. The standard InChI is InChI=1S/C17H25N3/c1-3-17(9-5-6-10-17)16-19-14-11-13(12-18)7-8-15(14)20(16)4-2/h7-8,11H,3-6,9-10,12,18H2,1-2H3. The van der Waals surface area contributed by atoms with Crippen LogP contribution in [0.3, 0.4) is 0 Å². The number of aryl methyl sites for hydroxylation is 1. The molecule has 20 heavy (non-hydrogen) atoms. The lowest BCUT2D eigenvalue weighted by atomic mass is 9.82. The van der Waals surface area contributed by atoms with Gasteiger partial charge in [-0.1, -0.05) is 25.8 Å². The normalized spacial score (nSPS) is 17.9. The van der Waals surface area contributed by atoms with Crippen LogP contribution in [0.1, 0.15) is 57.3 Å². The van der Waals surface area contributed by atoms with Crippen molar-refractivity contribution in [3.63, 3.8) is 0 Å². The van der Waals surface area contributed by atoms with Crippen LogP contribution < -0.4 is 5.73 Å². The van der Waals surface area contributed by atoms with E-state index in [1.165, 1.54) is 49.0 Å². The molecule has 108 valence electrons. The van der Waals surface area contributed by atoms with Gasteiger partial charge >= 0.3 is 0 Å². The fraction of sp³-hybridized carbons (Fsp3) is 0.588. The maximum Gasteiger partial charge on any atom is 0.116 e. The molecule has 0 spiro atoms. The van der Waals surface area contributed by atoms with E-state index in [4.69, 9.17) is 10.7 Å². The van der Waals surface area contributed by atoms with Crippen LogP contribution in [0.5, 0.6) is 0 Å². The third-order valence-corrected chi connectivity index (χ3v) is 5.08. The third kappa shape index (κ3) is 1.96. The van der Waals surface area contributed by atoms with Gasteiger partial charge in [0.05, 0.1) is 11.0 Å². The van der Waals surface area contributed by atoms with E-state index in [0.717, 1.165) is 12.1 Å². The van der Waals surface area contributed by atoms with Gasteiger partial charge in [-0.25, -0.2) is 4.98 Å². The first-order valence-electron chi connectivity index (χ1n) is 7.94. The van der Waals surface area contributed by atoms with Gasteiger partial charge in [-0.2, -0.15) is 0 Å². The van der Waals surface area contributed by atoms with Gasteiger partial charge in [-0.15, -0.1) is 0 Å². The van der Waals surface area contributed by atoms with Crippen LogP contribution in [0, 0.1) is 0 Å². The van der Waals surface area contributed by atoms with Crippen molar-refractivity contribution in [2.24, 2.45) is 5.73 Å². The molecule has 0 atom stereocenters. The minimum atomic E-state index is 0.303. The van der Waals surface area contributed by atoms with Crippen molar-refractivity contribution in [3.05, 3.63) is 29.6 Å². The van der Waals surface area contributed by atoms with E-state index in [1.807, 2.05) is 0 Å². The number of nitrogens with two attached hydrogens (primary N) is 1. The fourth-order valence-electron chi connectivity index (χ4n) is 3.81. The highest BCUT2D eigenvalue weighted by Gasteiger charge is 2.38. The monoisotopic (exact) mass is 271 g/mol. The Morgan fingerprint density at radius 2 is 2.00 bits per heavy atom. The molecule has 0 aliphatic heterocycles. The first-order chi connectivity index (χ1) is 9.74. The summed E-state index contributed by atoms with van der Waals surface area (Å²) in [6, 6.07) is 6.48. The van der Waals surface area contributed by atoms with E-state index in [2.05, 4.69) is 36.6 Å². The number of imidazole rings is 1. The van der Waals surface area contributed by atoms with Gasteiger partial charge in [0.1, 0.15) is 5.82 Å². The molecule has 3 rings (SSSR count). The summed E-state index contributed by atoms with van der Waals surface area (Å²) in [6.07, 6.45) is 6.46. The summed E-state index contributed by atoms with van der Waals surface area (Å²) in [5.41, 5.74) is 9.61. The van der Waals surface area contributed by atoms with Gasteiger partial charge in [0.2, 0.25) is 0 Å². The van der Waals surface area contributed by atoms with E-state index in [0.29, 0.717) is 12.0 Å². The summed E-state index contributed by atoms with van der Waals surface area (Å²) in [4.78, 5) is 5.02. The zero-order chi connectivity index (χ0) is 14.2. The SMILES string of the molecule is CCn1c(C2(CC)CCCC2)nc2cc(CN)ccc21. The molecule has 3 nitrogen and oxygen atoms in total. The lowest BCUT2D eigenvalue weighted by Gasteiger charge is -2.27. The average Bonchev–Trinajstić information content (AvgIpc) is 3.11. The molecule has 0 radical (unpaired) electrons. The molecule has 1 heterocycles. The summed E-state index contributed by atoms with van der Waals surface area (Å²) in [6.45, 7) is 6.12. The molecule has 1 aliphatic carbocycles. The van der Waals surface area contributed by atoms with E-state index >= 15 is 0 Å². The van der Waals surface area contributed by atoms with Crippen LogP contribution in [0.4, 0.5) is 0 Å². The minimum Gasteiger partial charge on any atom is -0.328 e. The minimum absolute atomic E-state index is 0.303. The van der Waals surface area contributed by atoms with Crippen LogP contribution in [-0.4, -0.2) is 9.55 Å². The maximum atomic E-state index is 5.76. The van der Waals surface area contributed by atoms with Crippen molar-refractivity contribution in [2.45, 2.75) is 64.5 Å². The molecular weight excluding hydrogens is 246 g/mol.